The zero-order chi connectivity index (χ0) is 25.7. The number of nitrogen functional groups attached to an aromatic ring is 1. The summed E-state index contributed by atoms with van der Waals surface area (Å²) in [4.78, 5) is 46.3. The molecule has 182 valence electrons. The third kappa shape index (κ3) is 5.14. The van der Waals surface area contributed by atoms with Crippen molar-refractivity contribution >= 4 is 47.4 Å². The van der Waals surface area contributed by atoms with Gasteiger partial charge in [-0.15, -0.1) is 0 Å². The first-order chi connectivity index (χ1) is 16.7. The molecule has 0 fully saturated rings. The SMILES string of the molecule is CNC(=O)c1cc(F)c(-c2c(N)cccc2Cl)nc1N(C=O)c1c(CCC=O)ccnc1C(C)C. The van der Waals surface area contributed by atoms with Crippen molar-refractivity contribution in [3.63, 3.8) is 0 Å². The fraction of sp³-hybridized carbons (Fsp3) is 0.240. The van der Waals surface area contributed by atoms with Crippen molar-refractivity contribution < 1.29 is 18.8 Å². The summed E-state index contributed by atoms with van der Waals surface area (Å²) in [5.74, 6) is -1.74. The normalized spacial score (nSPS) is 10.8. The van der Waals surface area contributed by atoms with Gasteiger partial charge in [-0.2, -0.15) is 0 Å². The molecule has 0 aliphatic carbocycles. The molecule has 0 spiro atoms. The monoisotopic (exact) mass is 497 g/mol. The molecule has 8 nitrogen and oxygen atoms in total. The van der Waals surface area contributed by atoms with Crippen molar-refractivity contribution in [1.82, 2.24) is 15.3 Å². The first kappa shape index (κ1) is 25.8. The number of aldehydes is 1. The zero-order valence-electron chi connectivity index (χ0n) is 19.5. The molecule has 0 bridgehead atoms. The lowest BCUT2D eigenvalue weighted by atomic mass is 10.00. The molecule has 0 aliphatic rings. The second-order valence-corrected chi connectivity index (χ2v) is 8.42. The van der Waals surface area contributed by atoms with Crippen LogP contribution in [0.3, 0.4) is 0 Å². The second kappa shape index (κ2) is 11.1. The Bertz CT molecular complexity index is 1260. The quantitative estimate of drug-likeness (QED) is 0.333. The Hall–Kier alpha value is -3.85. The highest BCUT2D eigenvalue weighted by atomic mass is 35.5. The fourth-order valence-corrected chi connectivity index (χ4v) is 4.04. The van der Waals surface area contributed by atoms with E-state index in [4.69, 9.17) is 17.3 Å². The van der Waals surface area contributed by atoms with Gasteiger partial charge >= 0.3 is 0 Å². The van der Waals surface area contributed by atoms with E-state index in [1.807, 2.05) is 13.8 Å². The topological polar surface area (TPSA) is 118 Å². The zero-order valence-corrected chi connectivity index (χ0v) is 20.3. The van der Waals surface area contributed by atoms with Gasteiger partial charge in [-0.3, -0.25) is 19.5 Å². The number of pyridine rings is 2. The van der Waals surface area contributed by atoms with E-state index < -0.39 is 11.7 Å². The van der Waals surface area contributed by atoms with Gasteiger partial charge in [0.15, 0.2) is 11.6 Å². The highest BCUT2D eigenvalue weighted by Gasteiger charge is 2.28. The molecule has 0 radical (unpaired) electrons. The molecule has 0 unspecified atom stereocenters. The average molecular weight is 498 g/mol. The maximum Gasteiger partial charge on any atom is 0.254 e. The summed E-state index contributed by atoms with van der Waals surface area (Å²) in [6, 6.07) is 7.37. The van der Waals surface area contributed by atoms with E-state index in [1.165, 1.54) is 13.1 Å². The molecule has 35 heavy (non-hydrogen) atoms. The van der Waals surface area contributed by atoms with Crippen LogP contribution in [0, 0.1) is 5.82 Å². The summed E-state index contributed by atoms with van der Waals surface area (Å²) < 4.78 is 15.3. The van der Waals surface area contributed by atoms with Crippen LogP contribution in [0.25, 0.3) is 11.3 Å². The first-order valence-electron chi connectivity index (χ1n) is 10.9. The number of nitrogens with two attached hydrogens (primary N) is 1. The van der Waals surface area contributed by atoms with Crippen LogP contribution in [0.4, 0.5) is 21.6 Å². The molecule has 0 aliphatic heterocycles. The van der Waals surface area contributed by atoms with Crippen LogP contribution in [-0.2, 0) is 16.0 Å². The smallest absolute Gasteiger partial charge is 0.254 e. The number of carbonyl (C=O) groups excluding carboxylic acids is 3. The Kier molecular flexibility index (Phi) is 8.14. The maximum absolute atomic E-state index is 15.3. The lowest BCUT2D eigenvalue weighted by molar-refractivity contribution is -0.108. The molecular weight excluding hydrogens is 473 g/mol. The first-order valence-corrected chi connectivity index (χ1v) is 11.3. The van der Waals surface area contributed by atoms with Gasteiger partial charge in [-0.25, -0.2) is 9.37 Å². The molecule has 0 saturated carbocycles. The second-order valence-electron chi connectivity index (χ2n) is 8.01. The molecule has 1 aromatic carbocycles. The maximum atomic E-state index is 15.3. The molecule has 3 rings (SSSR count). The molecule has 2 amide bonds. The third-order valence-electron chi connectivity index (χ3n) is 5.40. The summed E-state index contributed by atoms with van der Waals surface area (Å²) in [6.45, 7) is 3.79. The van der Waals surface area contributed by atoms with Gasteiger partial charge in [0.1, 0.15) is 12.0 Å². The number of nitrogens with one attached hydrogen (secondary N) is 1. The molecule has 3 N–H and O–H groups in total. The number of aryl methyl sites for hydroxylation is 1. The molecule has 2 aromatic heterocycles. The van der Waals surface area contributed by atoms with Crippen molar-refractivity contribution in [2.45, 2.75) is 32.6 Å². The minimum absolute atomic E-state index is 0.119. The van der Waals surface area contributed by atoms with Gasteiger partial charge < -0.3 is 15.8 Å². The molecule has 10 heteroatoms. The van der Waals surface area contributed by atoms with Crippen LogP contribution in [-0.4, -0.2) is 35.6 Å². The Morgan fingerprint density at radius 1 is 1.29 bits per heavy atom. The fourth-order valence-electron chi connectivity index (χ4n) is 3.77. The number of benzene rings is 1. The number of carbonyl (C=O) groups is 3. The van der Waals surface area contributed by atoms with Crippen molar-refractivity contribution in [1.29, 1.82) is 0 Å². The van der Waals surface area contributed by atoms with Gasteiger partial charge in [0, 0.05) is 30.9 Å². The number of amides is 2. The van der Waals surface area contributed by atoms with E-state index in [0.717, 1.165) is 17.3 Å². The summed E-state index contributed by atoms with van der Waals surface area (Å²) in [7, 11) is 1.38. The number of halogens is 2. The Labute approximate surface area is 207 Å². The van der Waals surface area contributed by atoms with Crippen molar-refractivity contribution in [3.8, 4) is 11.3 Å². The molecule has 2 heterocycles. The van der Waals surface area contributed by atoms with Crippen molar-refractivity contribution in [3.05, 3.63) is 64.2 Å². The number of rotatable bonds is 9. The predicted molar refractivity (Wildman–Crippen MR) is 133 cm³/mol. The van der Waals surface area contributed by atoms with Gasteiger partial charge in [-0.05, 0) is 42.2 Å². The minimum Gasteiger partial charge on any atom is -0.398 e. The summed E-state index contributed by atoms with van der Waals surface area (Å²) in [5, 5.41) is 2.60. The number of hydrogen-bond donors (Lipinski definition) is 2. The highest BCUT2D eigenvalue weighted by molar-refractivity contribution is 6.34. The van der Waals surface area contributed by atoms with Crippen molar-refractivity contribution in [2.24, 2.45) is 0 Å². The minimum atomic E-state index is -0.838. The van der Waals surface area contributed by atoms with Crippen LogP contribution in [0.5, 0.6) is 0 Å². The van der Waals surface area contributed by atoms with E-state index in [2.05, 4.69) is 15.3 Å². The Balaban J connectivity index is 2.38. The summed E-state index contributed by atoms with van der Waals surface area (Å²) in [5.41, 5.74) is 7.56. The Morgan fingerprint density at radius 2 is 2.03 bits per heavy atom. The predicted octanol–water partition coefficient (Wildman–Crippen LogP) is 4.43. The van der Waals surface area contributed by atoms with Crippen molar-refractivity contribution in [2.75, 3.05) is 17.7 Å². The number of aromatic nitrogens is 2. The van der Waals surface area contributed by atoms with E-state index in [1.54, 1.807) is 24.4 Å². The lowest BCUT2D eigenvalue weighted by Crippen LogP contribution is -2.27. The summed E-state index contributed by atoms with van der Waals surface area (Å²) in [6.07, 6.45) is 3.39. The largest absolute Gasteiger partial charge is 0.398 e. The molecular formula is C25H25ClFN5O3. The summed E-state index contributed by atoms with van der Waals surface area (Å²) >= 11 is 6.31. The Morgan fingerprint density at radius 3 is 2.63 bits per heavy atom. The number of hydrogen-bond acceptors (Lipinski definition) is 6. The van der Waals surface area contributed by atoms with Gasteiger partial charge in [-0.1, -0.05) is 31.5 Å². The van der Waals surface area contributed by atoms with Gasteiger partial charge in [0.25, 0.3) is 5.91 Å². The van der Waals surface area contributed by atoms with E-state index in [-0.39, 0.29) is 45.7 Å². The van der Waals surface area contributed by atoms with Crippen LogP contribution < -0.4 is 16.0 Å². The average Bonchev–Trinajstić information content (AvgIpc) is 2.84. The number of nitrogens with zero attached hydrogens (tertiary/aromatic N) is 3. The highest BCUT2D eigenvalue weighted by Crippen LogP contribution is 2.39. The standard InChI is InChI=1S/C25H25ClFN5O3/c1-14(2)21-23(15(6-5-11-33)9-10-30-21)32(13-34)24-16(25(35)29-3)12-18(27)22(31-24)20-17(26)7-4-8-19(20)28/h4,7-14H,5-6,28H2,1-3H3,(H,29,35). The van der Waals surface area contributed by atoms with Crippen LogP contribution in [0.1, 0.15) is 47.8 Å². The molecule has 3 aromatic rings. The molecule has 0 saturated heterocycles. The van der Waals surface area contributed by atoms with Gasteiger partial charge in [0.2, 0.25) is 6.41 Å². The van der Waals surface area contributed by atoms with Crippen LogP contribution in [0.15, 0.2) is 36.5 Å². The van der Waals surface area contributed by atoms with E-state index >= 15 is 4.39 Å². The van der Waals surface area contributed by atoms with Crippen LogP contribution in [0.2, 0.25) is 5.02 Å². The van der Waals surface area contributed by atoms with E-state index in [9.17, 15) is 14.4 Å². The van der Waals surface area contributed by atoms with Gasteiger partial charge in [0.05, 0.1) is 22.0 Å². The molecule has 0 atom stereocenters. The third-order valence-corrected chi connectivity index (χ3v) is 5.71. The number of anilines is 3. The van der Waals surface area contributed by atoms with E-state index in [0.29, 0.717) is 29.8 Å². The lowest BCUT2D eigenvalue weighted by Gasteiger charge is -2.26. The van der Waals surface area contributed by atoms with Crippen LogP contribution >= 0.6 is 11.6 Å².